The van der Waals surface area contributed by atoms with Gasteiger partial charge in [-0.1, -0.05) is 12.1 Å². The lowest BCUT2D eigenvalue weighted by atomic mass is 10.1. The minimum absolute atomic E-state index is 0.175. The highest BCUT2D eigenvalue weighted by Crippen LogP contribution is 2.16. The second-order valence-corrected chi connectivity index (χ2v) is 5.91. The molecule has 9 heteroatoms. The molecule has 26 heavy (non-hydrogen) atoms. The van der Waals surface area contributed by atoms with Crippen LogP contribution >= 0.6 is 0 Å². The molecule has 0 atom stereocenters. The Labute approximate surface area is 149 Å². The zero-order valence-electron chi connectivity index (χ0n) is 14.4. The van der Waals surface area contributed by atoms with E-state index >= 15 is 0 Å². The maximum atomic E-state index is 12.6. The molecule has 6 nitrogen and oxygen atoms in total. The Balaban J connectivity index is 1.90. The summed E-state index contributed by atoms with van der Waals surface area (Å²) in [5.74, 6) is -0.181. The molecule has 1 aliphatic heterocycles. The van der Waals surface area contributed by atoms with Crippen LogP contribution in [0.25, 0.3) is 0 Å². The van der Waals surface area contributed by atoms with Crippen LogP contribution < -0.4 is 0 Å². The maximum absolute atomic E-state index is 12.6. The van der Waals surface area contributed by atoms with Gasteiger partial charge in [0.2, 0.25) is 0 Å². The highest BCUT2D eigenvalue weighted by Gasteiger charge is 2.27. The lowest BCUT2D eigenvalue weighted by Gasteiger charge is -2.21. The van der Waals surface area contributed by atoms with E-state index in [0.717, 1.165) is 0 Å². The first-order valence-electron chi connectivity index (χ1n) is 8.16. The molecular formula is C17H21F3N2O4. The predicted molar refractivity (Wildman–Crippen MR) is 86.7 cm³/mol. The Hall–Kier alpha value is -2.29. The van der Waals surface area contributed by atoms with Crippen molar-refractivity contribution in [3.05, 3.63) is 35.4 Å². The molecule has 1 heterocycles. The molecule has 0 unspecified atom stereocenters. The van der Waals surface area contributed by atoms with Crippen molar-refractivity contribution in [2.45, 2.75) is 19.2 Å². The van der Waals surface area contributed by atoms with Crippen molar-refractivity contribution in [2.24, 2.45) is 0 Å². The van der Waals surface area contributed by atoms with Crippen molar-refractivity contribution >= 4 is 12.0 Å². The Kier molecular flexibility index (Phi) is 6.84. The van der Waals surface area contributed by atoms with Crippen molar-refractivity contribution in [2.75, 3.05) is 39.9 Å². The van der Waals surface area contributed by atoms with Crippen LogP contribution in [-0.2, 0) is 16.1 Å². The third-order valence-electron chi connectivity index (χ3n) is 3.95. The number of alkyl halides is 3. The van der Waals surface area contributed by atoms with Gasteiger partial charge in [-0.15, -0.1) is 0 Å². The minimum Gasteiger partial charge on any atom is -0.453 e. The first kappa shape index (κ1) is 20.0. The number of carbonyl (C=O) groups excluding carboxylic acids is 2. The number of benzene rings is 1. The molecule has 0 radical (unpaired) electrons. The van der Waals surface area contributed by atoms with Gasteiger partial charge in [0.05, 0.1) is 13.7 Å². The molecule has 0 aliphatic carbocycles. The zero-order chi connectivity index (χ0) is 19.2. The normalized spacial score (nSPS) is 15.5. The molecular weight excluding hydrogens is 353 g/mol. The van der Waals surface area contributed by atoms with Crippen molar-refractivity contribution < 1.29 is 32.2 Å². The van der Waals surface area contributed by atoms with Crippen LogP contribution in [0, 0.1) is 0 Å². The van der Waals surface area contributed by atoms with E-state index in [1.54, 1.807) is 34.1 Å². The molecule has 0 N–H and O–H groups in total. The number of amides is 2. The van der Waals surface area contributed by atoms with Gasteiger partial charge in [-0.3, -0.25) is 4.79 Å². The molecule has 0 bridgehead atoms. The zero-order valence-corrected chi connectivity index (χ0v) is 14.4. The van der Waals surface area contributed by atoms with Crippen molar-refractivity contribution in [1.29, 1.82) is 0 Å². The van der Waals surface area contributed by atoms with Crippen LogP contribution in [0.15, 0.2) is 24.3 Å². The molecule has 1 saturated heterocycles. The first-order valence-corrected chi connectivity index (χ1v) is 8.16. The van der Waals surface area contributed by atoms with Gasteiger partial charge in [0, 0.05) is 31.7 Å². The fourth-order valence-corrected chi connectivity index (χ4v) is 2.64. The minimum atomic E-state index is -4.36. The molecule has 1 aromatic carbocycles. The third-order valence-corrected chi connectivity index (χ3v) is 3.95. The standard InChI is InChI=1S/C17H21F3N2O4/c1-25-16(24)22-8-2-7-21(9-10-22)15(23)14-5-3-13(4-6-14)11-26-12-17(18,19)20/h3-6H,2,7-12H2,1H3. The summed E-state index contributed by atoms with van der Waals surface area (Å²) in [6, 6.07) is 6.28. The van der Waals surface area contributed by atoms with E-state index < -0.39 is 18.9 Å². The average Bonchev–Trinajstić information content (AvgIpc) is 2.86. The second-order valence-electron chi connectivity index (χ2n) is 5.91. The van der Waals surface area contributed by atoms with Crippen molar-refractivity contribution in [1.82, 2.24) is 9.80 Å². The van der Waals surface area contributed by atoms with Crippen LogP contribution in [0.2, 0.25) is 0 Å². The van der Waals surface area contributed by atoms with Gasteiger partial charge in [0.25, 0.3) is 5.91 Å². The van der Waals surface area contributed by atoms with Gasteiger partial charge in [-0.05, 0) is 24.1 Å². The van der Waals surface area contributed by atoms with E-state index in [1.807, 2.05) is 0 Å². The highest BCUT2D eigenvalue weighted by atomic mass is 19.4. The Morgan fingerprint density at radius 3 is 2.27 bits per heavy atom. The van der Waals surface area contributed by atoms with E-state index in [0.29, 0.717) is 43.7 Å². The second kappa shape index (κ2) is 8.88. The molecule has 0 spiro atoms. The smallest absolute Gasteiger partial charge is 0.411 e. The van der Waals surface area contributed by atoms with Gasteiger partial charge < -0.3 is 19.3 Å². The fraction of sp³-hybridized carbons (Fsp3) is 0.529. The van der Waals surface area contributed by atoms with E-state index in [9.17, 15) is 22.8 Å². The van der Waals surface area contributed by atoms with Crippen LogP contribution in [0.3, 0.4) is 0 Å². The molecule has 2 amide bonds. The number of carbonyl (C=O) groups is 2. The van der Waals surface area contributed by atoms with Gasteiger partial charge in [0.1, 0.15) is 6.61 Å². The summed E-state index contributed by atoms with van der Waals surface area (Å²) in [5.41, 5.74) is 0.995. The largest absolute Gasteiger partial charge is 0.453 e. The Bertz CT molecular complexity index is 619. The molecule has 2 rings (SSSR count). The van der Waals surface area contributed by atoms with Gasteiger partial charge in [-0.2, -0.15) is 13.2 Å². The molecule has 1 aliphatic rings. The number of hydrogen-bond donors (Lipinski definition) is 0. The molecule has 0 aromatic heterocycles. The summed E-state index contributed by atoms with van der Waals surface area (Å²) in [5, 5.41) is 0. The lowest BCUT2D eigenvalue weighted by molar-refractivity contribution is -0.176. The average molecular weight is 374 g/mol. The predicted octanol–water partition coefficient (Wildman–Crippen LogP) is 2.68. The molecule has 0 saturated carbocycles. The molecule has 1 aromatic rings. The highest BCUT2D eigenvalue weighted by molar-refractivity contribution is 5.94. The summed E-state index contributed by atoms with van der Waals surface area (Å²) < 4.78 is 45.5. The Morgan fingerprint density at radius 2 is 1.65 bits per heavy atom. The molecule has 1 fully saturated rings. The van der Waals surface area contributed by atoms with Gasteiger partial charge in [-0.25, -0.2) is 4.79 Å². The number of hydrogen-bond acceptors (Lipinski definition) is 4. The van der Waals surface area contributed by atoms with E-state index in [-0.39, 0.29) is 12.5 Å². The Morgan fingerprint density at radius 1 is 1.04 bits per heavy atom. The van der Waals surface area contributed by atoms with E-state index in [4.69, 9.17) is 4.74 Å². The van der Waals surface area contributed by atoms with Crippen molar-refractivity contribution in [3.8, 4) is 0 Å². The summed E-state index contributed by atoms with van der Waals surface area (Å²) in [4.78, 5) is 27.3. The van der Waals surface area contributed by atoms with E-state index in [2.05, 4.69) is 4.74 Å². The molecule has 144 valence electrons. The van der Waals surface area contributed by atoms with E-state index in [1.165, 1.54) is 7.11 Å². The van der Waals surface area contributed by atoms with Crippen LogP contribution in [-0.4, -0.2) is 67.9 Å². The fourth-order valence-electron chi connectivity index (χ4n) is 2.64. The quantitative estimate of drug-likeness (QED) is 0.813. The van der Waals surface area contributed by atoms with Crippen LogP contribution in [0.1, 0.15) is 22.3 Å². The summed E-state index contributed by atoms with van der Waals surface area (Å²) in [6.07, 6.45) is -4.13. The van der Waals surface area contributed by atoms with Crippen molar-refractivity contribution in [3.63, 3.8) is 0 Å². The van der Waals surface area contributed by atoms with Crippen LogP contribution in [0.5, 0.6) is 0 Å². The summed E-state index contributed by atoms with van der Waals surface area (Å²) >= 11 is 0. The first-order chi connectivity index (χ1) is 12.3. The number of methoxy groups -OCH3 is 1. The number of ether oxygens (including phenoxy) is 2. The number of rotatable bonds is 4. The number of nitrogens with zero attached hydrogens (tertiary/aromatic N) is 2. The van der Waals surface area contributed by atoms with Crippen LogP contribution in [0.4, 0.5) is 18.0 Å². The SMILES string of the molecule is COC(=O)N1CCCN(C(=O)c2ccc(COCC(F)(F)F)cc2)CC1. The summed E-state index contributed by atoms with van der Waals surface area (Å²) in [7, 11) is 1.32. The monoisotopic (exact) mass is 374 g/mol. The lowest BCUT2D eigenvalue weighted by Crippen LogP contribution is -2.37. The topological polar surface area (TPSA) is 59.1 Å². The van der Waals surface area contributed by atoms with Gasteiger partial charge >= 0.3 is 12.3 Å². The number of halogens is 3. The third kappa shape index (κ3) is 5.91. The maximum Gasteiger partial charge on any atom is 0.411 e. The van der Waals surface area contributed by atoms with Gasteiger partial charge in [0.15, 0.2) is 0 Å². The summed E-state index contributed by atoms with van der Waals surface area (Å²) in [6.45, 7) is 0.338.